The Kier molecular flexibility index (Phi) is 3.86. The third-order valence-corrected chi connectivity index (χ3v) is 5.32. The fraction of sp³-hybridized carbons (Fsp3) is 0.130. The lowest BCUT2D eigenvalue weighted by Gasteiger charge is -2.21. The van der Waals surface area contributed by atoms with Gasteiger partial charge in [0, 0.05) is 22.8 Å². The molecular weight excluding hydrogens is 350 g/mol. The van der Waals surface area contributed by atoms with E-state index in [0.717, 1.165) is 33.6 Å². The summed E-state index contributed by atoms with van der Waals surface area (Å²) in [4.78, 5) is 16.8. The van der Waals surface area contributed by atoms with Crippen molar-refractivity contribution in [3.63, 3.8) is 0 Å². The van der Waals surface area contributed by atoms with Gasteiger partial charge in [-0.05, 0) is 42.8 Å². The number of H-pyrrole nitrogens is 1. The van der Waals surface area contributed by atoms with Crippen molar-refractivity contribution in [3.8, 4) is 0 Å². The number of hydrazone groups is 1. The number of aromatic amines is 1. The van der Waals surface area contributed by atoms with E-state index in [1.165, 1.54) is 5.01 Å². The minimum atomic E-state index is -0.425. The molecule has 2 aromatic carbocycles. The van der Waals surface area contributed by atoms with E-state index in [2.05, 4.69) is 16.2 Å². The van der Waals surface area contributed by atoms with Crippen LogP contribution in [0.2, 0.25) is 0 Å². The Hall–Kier alpha value is -3.60. The highest BCUT2D eigenvalue weighted by Crippen LogP contribution is 2.41. The van der Waals surface area contributed by atoms with E-state index < -0.39 is 5.92 Å². The molecule has 0 radical (unpaired) electrons. The van der Waals surface area contributed by atoms with Gasteiger partial charge >= 0.3 is 0 Å². The van der Waals surface area contributed by atoms with Gasteiger partial charge < -0.3 is 9.40 Å². The number of anilines is 1. The molecule has 0 fully saturated rings. The number of nitrogens with zero attached hydrogens (tertiary/aromatic N) is 2. The lowest BCUT2D eigenvalue weighted by atomic mass is 9.81. The summed E-state index contributed by atoms with van der Waals surface area (Å²) in [5.74, 6) is 0.0321. The molecule has 5 rings (SSSR count). The zero-order valence-corrected chi connectivity index (χ0v) is 15.4. The van der Waals surface area contributed by atoms with E-state index in [1.807, 2.05) is 73.8 Å². The van der Waals surface area contributed by atoms with E-state index in [1.54, 1.807) is 6.26 Å². The summed E-state index contributed by atoms with van der Waals surface area (Å²) in [7, 11) is 0. The van der Waals surface area contributed by atoms with E-state index in [9.17, 15) is 4.79 Å². The van der Waals surface area contributed by atoms with Crippen LogP contribution in [0.4, 0.5) is 5.69 Å². The molecule has 2 unspecified atom stereocenters. The number of rotatable bonds is 4. The first-order valence-electron chi connectivity index (χ1n) is 9.27. The molecular formula is C23H19N3O2. The molecule has 1 amide bonds. The van der Waals surface area contributed by atoms with Crippen LogP contribution in [0.5, 0.6) is 0 Å². The van der Waals surface area contributed by atoms with E-state index in [0.29, 0.717) is 0 Å². The molecule has 0 saturated carbocycles. The van der Waals surface area contributed by atoms with E-state index in [4.69, 9.17) is 4.42 Å². The minimum absolute atomic E-state index is 0.0459. The molecule has 0 bridgehead atoms. The molecule has 2 atom stereocenters. The largest absolute Gasteiger partial charge is 0.469 e. The van der Waals surface area contributed by atoms with Crippen molar-refractivity contribution >= 4 is 28.2 Å². The quantitative estimate of drug-likeness (QED) is 0.554. The number of hydrogen-bond donors (Lipinski definition) is 1. The molecule has 5 nitrogen and oxygen atoms in total. The Morgan fingerprint density at radius 2 is 1.82 bits per heavy atom. The number of aromatic nitrogens is 1. The third kappa shape index (κ3) is 2.55. The topological polar surface area (TPSA) is 61.6 Å². The zero-order valence-electron chi connectivity index (χ0n) is 15.4. The number of fused-ring (bicyclic) bond motifs is 1. The summed E-state index contributed by atoms with van der Waals surface area (Å²) in [6.07, 6.45) is 3.63. The van der Waals surface area contributed by atoms with Gasteiger partial charge in [0.1, 0.15) is 5.76 Å². The van der Waals surface area contributed by atoms with Gasteiger partial charge in [0.2, 0.25) is 0 Å². The molecule has 4 aromatic rings. The second-order valence-corrected chi connectivity index (χ2v) is 6.99. The number of carbonyl (C=O) groups is 1. The molecule has 3 heterocycles. The molecule has 1 N–H and O–H groups in total. The maximum atomic E-state index is 13.4. The minimum Gasteiger partial charge on any atom is -0.469 e. The van der Waals surface area contributed by atoms with Crippen LogP contribution in [-0.2, 0) is 4.79 Å². The van der Waals surface area contributed by atoms with Crippen LogP contribution in [0.15, 0.2) is 88.7 Å². The van der Waals surface area contributed by atoms with Gasteiger partial charge in [-0.2, -0.15) is 5.10 Å². The van der Waals surface area contributed by atoms with Crippen molar-refractivity contribution in [3.05, 3.63) is 90.5 Å². The summed E-state index contributed by atoms with van der Waals surface area (Å²) >= 11 is 0. The standard InChI is InChI=1S/C23H19N3O2/c1-15-21(23(27)26(25-15)16-8-3-2-4-9-16)22(20-12-7-13-28-20)18-14-24-19-11-6-5-10-17(18)19/h2-14,21-22,24H,1H3. The smallest absolute Gasteiger partial charge is 0.257 e. The monoisotopic (exact) mass is 369 g/mol. The maximum absolute atomic E-state index is 13.4. The highest BCUT2D eigenvalue weighted by atomic mass is 16.3. The second kappa shape index (κ2) is 6.53. The number of para-hydroxylation sites is 2. The molecule has 138 valence electrons. The first-order valence-corrected chi connectivity index (χ1v) is 9.27. The van der Waals surface area contributed by atoms with Crippen LogP contribution < -0.4 is 5.01 Å². The predicted octanol–water partition coefficient (Wildman–Crippen LogP) is 4.93. The zero-order chi connectivity index (χ0) is 19.1. The normalized spacial score (nSPS) is 17.9. The van der Waals surface area contributed by atoms with Crippen LogP contribution >= 0.6 is 0 Å². The molecule has 5 heteroatoms. The van der Waals surface area contributed by atoms with Gasteiger partial charge in [0.05, 0.1) is 23.8 Å². The summed E-state index contributed by atoms with van der Waals surface area (Å²) in [5.41, 5.74) is 3.62. The predicted molar refractivity (Wildman–Crippen MR) is 109 cm³/mol. The van der Waals surface area contributed by atoms with E-state index in [-0.39, 0.29) is 11.8 Å². The average Bonchev–Trinajstić information content (AvgIpc) is 3.46. The molecule has 2 aromatic heterocycles. The van der Waals surface area contributed by atoms with Crippen LogP contribution in [0, 0.1) is 5.92 Å². The molecule has 1 aliphatic heterocycles. The lowest BCUT2D eigenvalue weighted by Crippen LogP contribution is -2.31. The van der Waals surface area contributed by atoms with Gasteiger partial charge in [0.25, 0.3) is 5.91 Å². The van der Waals surface area contributed by atoms with Gasteiger partial charge in [-0.3, -0.25) is 4.79 Å². The van der Waals surface area contributed by atoms with E-state index >= 15 is 0 Å². The molecule has 0 aliphatic carbocycles. The van der Waals surface area contributed by atoms with Crippen LogP contribution in [0.3, 0.4) is 0 Å². The van der Waals surface area contributed by atoms with Crippen molar-refractivity contribution < 1.29 is 9.21 Å². The average molecular weight is 369 g/mol. The number of benzene rings is 2. The number of nitrogens with one attached hydrogen (secondary N) is 1. The number of carbonyl (C=O) groups excluding carboxylic acids is 1. The summed E-state index contributed by atoms with van der Waals surface area (Å²) < 4.78 is 5.78. The van der Waals surface area contributed by atoms with Gasteiger partial charge in [0.15, 0.2) is 0 Å². The molecule has 0 spiro atoms. The van der Waals surface area contributed by atoms with Crippen molar-refractivity contribution in [1.29, 1.82) is 0 Å². The lowest BCUT2D eigenvalue weighted by molar-refractivity contribution is -0.120. The number of furan rings is 1. The number of hydrogen-bond acceptors (Lipinski definition) is 3. The Balaban J connectivity index is 1.63. The van der Waals surface area contributed by atoms with Crippen LogP contribution in [0.25, 0.3) is 10.9 Å². The van der Waals surface area contributed by atoms with Crippen molar-refractivity contribution in [1.82, 2.24) is 4.98 Å². The number of amides is 1. The molecule has 28 heavy (non-hydrogen) atoms. The maximum Gasteiger partial charge on any atom is 0.257 e. The Bertz CT molecular complexity index is 1160. The Labute approximate surface area is 162 Å². The molecule has 1 aliphatic rings. The third-order valence-electron chi connectivity index (χ3n) is 5.32. The summed E-state index contributed by atoms with van der Waals surface area (Å²) in [6.45, 7) is 1.91. The SMILES string of the molecule is CC1=NN(c2ccccc2)C(=O)C1C(c1ccco1)c1c[nH]c2ccccc12. The van der Waals surface area contributed by atoms with Gasteiger partial charge in [-0.25, -0.2) is 5.01 Å². The highest BCUT2D eigenvalue weighted by molar-refractivity contribution is 6.16. The first-order chi connectivity index (χ1) is 13.7. The van der Waals surface area contributed by atoms with Crippen molar-refractivity contribution in [2.45, 2.75) is 12.8 Å². The van der Waals surface area contributed by atoms with Crippen LogP contribution in [0.1, 0.15) is 24.2 Å². The Morgan fingerprint density at radius 1 is 1.04 bits per heavy atom. The Morgan fingerprint density at radius 3 is 2.61 bits per heavy atom. The fourth-order valence-electron chi connectivity index (χ4n) is 4.03. The first kappa shape index (κ1) is 16.6. The highest BCUT2D eigenvalue weighted by Gasteiger charge is 2.43. The van der Waals surface area contributed by atoms with Crippen molar-refractivity contribution in [2.24, 2.45) is 11.0 Å². The van der Waals surface area contributed by atoms with Crippen LogP contribution in [-0.4, -0.2) is 16.6 Å². The summed E-state index contributed by atoms with van der Waals surface area (Å²) in [6, 6.07) is 21.4. The second-order valence-electron chi connectivity index (χ2n) is 6.99. The van der Waals surface area contributed by atoms with Crippen molar-refractivity contribution in [2.75, 3.05) is 5.01 Å². The fourth-order valence-corrected chi connectivity index (χ4v) is 4.03. The van der Waals surface area contributed by atoms with Gasteiger partial charge in [-0.15, -0.1) is 0 Å². The molecule has 0 saturated heterocycles. The summed E-state index contributed by atoms with van der Waals surface area (Å²) in [5, 5.41) is 7.18. The van der Waals surface area contributed by atoms with Gasteiger partial charge in [-0.1, -0.05) is 36.4 Å².